The van der Waals surface area contributed by atoms with Crippen LogP contribution in [0.1, 0.15) is 38.2 Å². The molecule has 1 aromatic rings. The second-order valence-corrected chi connectivity index (χ2v) is 6.12. The first-order chi connectivity index (χ1) is 11.0. The van der Waals surface area contributed by atoms with E-state index in [9.17, 15) is 9.59 Å². The van der Waals surface area contributed by atoms with Crippen molar-refractivity contribution in [3.63, 3.8) is 0 Å². The van der Waals surface area contributed by atoms with Crippen molar-refractivity contribution in [2.24, 2.45) is 5.73 Å². The molecule has 1 fully saturated rings. The van der Waals surface area contributed by atoms with Crippen LogP contribution in [0.5, 0.6) is 0 Å². The third-order valence-electron chi connectivity index (χ3n) is 3.89. The molecule has 1 atom stereocenters. The predicted molar refractivity (Wildman–Crippen MR) is 91.0 cm³/mol. The quantitative estimate of drug-likeness (QED) is 0.750. The smallest absolute Gasteiger partial charge is 0.321 e. The van der Waals surface area contributed by atoms with Crippen molar-refractivity contribution >= 4 is 17.6 Å². The van der Waals surface area contributed by atoms with Crippen LogP contribution in [0.25, 0.3) is 0 Å². The lowest BCUT2D eigenvalue weighted by Crippen LogP contribution is -2.32. The van der Waals surface area contributed by atoms with E-state index in [0.29, 0.717) is 19.4 Å². The molecule has 6 nitrogen and oxygen atoms in total. The fourth-order valence-corrected chi connectivity index (χ4v) is 2.53. The minimum absolute atomic E-state index is 0.00574. The second kappa shape index (κ2) is 8.53. The molecule has 0 aromatic heterocycles. The van der Waals surface area contributed by atoms with E-state index in [1.807, 2.05) is 36.1 Å². The molecule has 1 aromatic carbocycles. The highest BCUT2D eigenvalue weighted by atomic mass is 16.2. The summed E-state index contributed by atoms with van der Waals surface area (Å²) >= 11 is 0. The van der Waals surface area contributed by atoms with Crippen LogP contribution in [0.3, 0.4) is 0 Å². The molecule has 6 heteroatoms. The SMILES string of the molecule is CC(N)CCC(=O)NCc1cccc(NC(=O)N2CCCC2)c1. The Morgan fingerprint density at radius 3 is 2.74 bits per heavy atom. The third kappa shape index (κ3) is 5.90. The Labute approximate surface area is 137 Å². The normalized spacial score (nSPS) is 15.3. The molecule has 1 saturated heterocycles. The number of nitrogens with one attached hydrogen (secondary N) is 2. The zero-order valence-corrected chi connectivity index (χ0v) is 13.7. The Hall–Kier alpha value is -2.08. The lowest BCUT2D eigenvalue weighted by molar-refractivity contribution is -0.121. The highest BCUT2D eigenvalue weighted by molar-refractivity contribution is 5.89. The fourth-order valence-electron chi connectivity index (χ4n) is 2.53. The Morgan fingerprint density at radius 1 is 1.30 bits per heavy atom. The number of rotatable bonds is 6. The van der Waals surface area contributed by atoms with Crippen LogP contribution >= 0.6 is 0 Å². The summed E-state index contributed by atoms with van der Waals surface area (Å²) in [6.07, 6.45) is 3.25. The number of likely N-dealkylation sites (tertiary alicyclic amines) is 1. The number of nitrogens with two attached hydrogens (primary N) is 1. The molecule has 0 aliphatic carbocycles. The van der Waals surface area contributed by atoms with Gasteiger partial charge in [-0.05, 0) is 43.9 Å². The van der Waals surface area contributed by atoms with Crippen LogP contribution in [0.4, 0.5) is 10.5 Å². The molecule has 2 rings (SSSR count). The van der Waals surface area contributed by atoms with E-state index < -0.39 is 0 Å². The summed E-state index contributed by atoms with van der Waals surface area (Å²) < 4.78 is 0. The van der Waals surface area contributed by atoms with E-state index in [2.05, 4.69) is 10.6 Å². The van der Waals surface area contributed by atoms with Gasteiger partial charge in [0.25, 0.3) is 0 Å². The van der Waals surface area contributed by atoms with Crippen molar-refractivity contribution in [1.82, 2.24) is 10.2 Å². The van der Waals surface area contributed by atoms with Gasteiger partial charge in [0, 0.05) is 37.8 Å². The lowest BCUT2D eigenvalue weighted by Gasteiger charge is -2.16. The lowest BCUT2D eigenvalue weighted by atomic mass is 10.1. The van der Waals surface area contributed by atoms with Crippen molar-refractivity contribution in [2.45, 2.75) is 45.2 Å². The maximum Gasteiger partial charge on any atom is 0.321 e. The number of nitrogens with zero attached hydrogens (tertiary/aromatic N) is 1. The average molecular weight is 318 g/mol. The van der Waals surface area contributed by atoms with Gasteiger partial charge in [0.1, 0.15) is 0 Å². The number of carbonyl (C=O) groups excluding carboxylic acids is 2. The van der Waals surface area contributed by atoms with E-state index in [-0.39, 0.29) is 18.0 Å². The topological polar surface area (TPSA) is 87.5 Å². The van der Waals surface area contributed by atoms with Gasteiger partial charge in [-0.3, -0.25) is 4.79 Å². The van der Waals surface area contributed by atoms with Crippen LogP contribution < -0.4 is 16.4 Å². The van der Waals surface area contributed by atoms with Crippen LogP contribution in [-0.2, 0) is 11.3 Å². The number of carbonyl (C=O) groups is 2. The van der Waals surface area contributed by atoms with Crippen molar-refractivity contribution < 1.29 is 9.59 Å². The first-order valence-corrected chi connectivity index (χ1v) is 8.22. The van der Waals surface area contributed by atoms with Crippen LogP contribution in [-0.4, -0.2) is 36.0 Å². The van der Waals surface area contributed by atoms with Gasteiger partial charge in [-0.15, -0.1) is 0 Å². The van der Waals surface area contributed by atoms with Gasteiger partial charge in [0.2, 0.25) is 5.91 Å². The molecule has 1 unspecified atom stereocenters. The van der Waals surface area contributed by atoms with Gasteiger partial charge in [0.05, 0.1) is 0 Å². The Kier molecular flexibility index (Phi) is 6.40. The highest BCUT2D eigenvalue weighted by Crippen LogP contribution is 2.14. The summed E-state index contributed by atoms with van der Waals surface area (Å²) in [5.74, 6) is -0.00574. The molecule has 0 bridgehead atoms. The van der Waals surface area contributed by atoms with Gasteiger partial charge >= 0.3 is 6.03 Å². The Balaban J connectivity index is 1.82. The second-order valence-electron chi connectivity index (χ2n) is 6.12. The number of hydrogen-bond donors (Lipinski definition) is 3. The molecule has 4 N–H and O–H groups in total. The van der Waals surface area contributed by atoms with E-state index in [1.165, 1.54) is 0 Å². The molecule has 1 heterocycles. The number of hydrogen-bond acceptors (Lipinski definition) is 3. The first kappa shape index (κ1) is 17.3. The molecular formula is C17H26N4O2. The zero-order valence-electron chi connectivity index (χ0n) is 13.7. The van der Waals surface area contributed by atoms with Crippen molar-refractivity contribution in [1.29, 1.82) is 0 Å². The minimum atomic E-state index is -0.0550. The standard InChI is InChI=1S/C17H26N4O2/c1-13(18)7-8-16(22)19-12-14-5-4-6-15(11-14)20-17(23)21-9-2-3-10-21/h4-6,11,13H,2-3,7-10,12,18H2,1H3,(H,19,22)(H,20,23). The maximum absolute atomic E-state index is 12.1. The highest BCUT2D eigenvalue weighted by Gasteiger charge is 2.17. The van der Waals surface area contributed by atoms with Crippen molar-refractivity contribution in [3.05, 3.63) is 29.8 Å². The van der Waals surface area contributed by atoms with Gasteiger partial charge in [-0.25, -0.2) is 4.79 Å². The molecule has 23 heavy (non-hydrogen) atoms. The molecule has 1 aliphatic rings. The predicted octanol–water partition coefficient (Wildman–Crippen LogP) is 2.06. The first-order valence-electron chi connectivity index (χ1n) is 8.22. The summed E-state index contributed by atoms with van der Waals surface area (Å²) in [6.45, 7) is 3.98. The molecular weight excluding hydrogens is 292 g/mol. The molecule has 3 amide bonds. The maximum atomic E-state index is 12.1. The van der Waals surface area contributed by atoms with Gasteiger partial charge in [0.15, 0.2) is 0 Å². The molecule has 126 valence electrons. The molecule has 0 saturated carbocycles. The monoisotopic (exact) mass is 318 g/mol. The number of anilines is 1. The largest absolute Gasteiger partial charge is 0.352 e. The van der Waals surface area contributed by atoms with E-state index in [0.717, 1.165) is 37.2 Å². The third-order valence-corrected chi connectivity index (χ3v) is 3.89. The Bertz CT molecular complexity index is 539. The fraction of sp³-hybridized carbons (Fsp3) is 0.529. The van der Waals surface area contributed by atoms with Crippen LogP contribution in [0, 0.1) is 0 Å². The summed E-state index contributed by atoms with van der Waals surface area (Å²) in [5.41, 5.74) is 7.35. The zero-order chi connectivity index (χ0) is 16.7. The van der Waals surface area contributed by atoms with Crippen molar-refractivity contribution in [3.8, 4) is 0 Å². The molecule has 0 spiro atoms. The van der Waals surface area contributed by atoms with Crippen LogP contribution in [0.15, 0.2) is 24.3 Å². The summed E-state index contributed by atoms with van der Waals surface area (Å²) in [5, 5.41) is 5.78. The number of urea groups is 1. The van der Waals surface area contributed by atoms with Gasteiger partial charge in [-0.1, -0.05) is 12.1 Å². The molecule has 0 radical (unpaired) electrons. The molecule has 1 aliphatic heterocycles. The summed E-state index contributed by atoms with van der Waals surface area (Å²) in [7, 11) is 0. The number of benzene rings is 1. The van der Waals surface area contributed by atoms with E-state index in [1.54, 1.807) is 0 Å². The van der Waals surface area contributed by atoms with E-state index in [4.69, 9.17) is 5.73 Å². The summed E-state index contributed by atoms with van der Waals surface area (Å²) in [4.78, 5) is 25.6. The van der Waals surface area contributed by atoms with Crippen molar-refractivity contribution in [2.75, 3.05) is 18.4 Å². The van der Waals surface area contributed by atoms with Crippen LogP contribution in [0.2, 0.25) is 0 Å². The van der Waals surface area contributed by atoms with Gasteiger partial charge < -0.3 is 21.3 Å². The summed E-state index contributed by atoms with van der Waals surface area (Å²) in [6, 6.07) is 7.53. The number of amides is 3. The van der Waals surface area contributed by atoms with Gasteiger partial charge in [-0.2, -0.15) is 0 Å². The van der Waals surface area contributed by atoms with E-state index >= 15 is 0 Å². The Morgan fingerprint density at radius 2 is 2.04 bits per heavy atom. The average Bonchev–Trinajstić information content (AvgIpc) is 3.06. The minimum Gasteiger partial charge on any atom is -0.352 e.